The zero-order valence-corrected chi connectivity index (χ0v) is 17.5. The van der Waals surface area contributed by atoms with Gasteiger partial charge in [0.2, 0.25) is 5.91 Å². The highest BCUT2D eigenvalue weighted by atomic mass is 16.2. The molecular formula is C25H27N3O3. The molecule has 2 aromatic rings. The van der Waals surface area contributed by atoms with Crippen molar-refractivity contribution < 1.29 is 14.4 Å². The van der Waals surface area contributed by atoms with Crippen LogP contribution < -0.4 is 10.6 Å². The Morgan fingerprint density at radius 1 is 0.903 bits per heavy atom. The number of hydrogen-bond acceptors (Lipinski definition) is 3. The molecule has 0 spiro atoms. The second-order valence-corrected chi connectivity index (χ2v) is 8.12. The van der Waals surface area contributed by atoms with E-state index in [1.54, 1.807) is 18.2 Å². The van der Waals surface area contributed by atoms with Crippen molar-refractivity contribution in [3.63, 3.8) is 0 Å². The zero-order chi connectivity index (χ0) is 21.6. The van der Waals surface area contributed by atoms with Crippen molar-refractivity contribution >= 4 is 23.8 Å². The summed E-state index contributed by atoms with van der Waals surface area (Å²) in [4.78, 5) is 38.4. The van der Waals surface area contributed by atoms with Gasteiger partial charge >= 0.3 is 0 Å². The Labute approximate surface area is 182 Å². The van der Waals surface area contributed by atoms with Gasteiger partial charge in [0, 0.05) is 42.9 Å². The van der Waals surface area contributed by atoms with Gasteiger partial charge in [0.05, 0.1) is 0 Å². The minimum Gasteiger partial charge on any atom is -0.349 e. The van der Waals surface area contributed by atoms with E-state index in [9.17, 15) is 14.4 Å². The van der Waals surface area contributed by atoms with Gasteiger partial charge in [-0.1, -0.05) is 24.3 Å². The number of hydrogen-bond donors (Lipinski definition) is 2. The third-order valence-electron chi connectivity index (χ3n) is 5.57. The Balaban J connectivity index is 1.24. The highest BCUT2D eigenvalue weighted by molar-refractivity contribution is 5.95. The van der Waals surface area contributed by atoms with Gasteiger partial charge in [-0.05, 0) is 67.2 Å². The maximum Gasteiger partial charge on any atom is 0.253 e. The van der Waals surface area contributed by atoms with E-state index in [0.29, 0.717) is 23.7 Å². The van der Waals surface area contributed by atoms with Crippen LogP contribution in [0.4, 0.5) is 0 Å². The normalized spacial score (nSPS) is 15.8. The van der Waals surface area contributed by atoms with Crippen LogP contribution in [-0.2, 0) is 11.3 Å². The highest BCUT2D eigenvalue weighted by Gasteiger charge is 2.23. The first-order chi connectivity index (χ1) is 15.1. The summed E-state index contributed by atoms with van der Waals surface area (Å²) in [6, 6.07) is 14.9. The molecule has 1 aliphatic carbocycles. The summed E-state index contributed by atoms with van der Waals surface area (Å²) >= 11 is 0. The minimum absolute atomic E-state index is 0.0519. The molecule has 0 aromatic heterocycles. The monoisotopic (exact) mass is 417 g/mol. The third kappa shape index (κ3) is 5.81. The fourth-order valence-corrected chi connectivity index (χ4v) is 3.53. The predicted molar refractivity (Wildman–Crippen MR) is 119 cm³/mol. The van der Waals surface area contributed by atoms with Crippen molar-refractivity contribution in [2.45, 2.75) is 38.3 Å². The average molecular weight is 418 g/mol. The van der Waals surface area contributed by atoms with Crippen molar-refractivity contribution in [1.29, 1.82) is 0 Å². The lowest BCUT2D eigenvalue weighted by atomic mass is 10.1. The molecule has 160 valence electrons. The van der Waals surface area contributed by atoms with Crippen molar-refractivity contribution in [1.82, 2.24) is 15.5 Å². The Bertz CT molecular complexity index is 970. The number of carbonyl (C=O) groups is 3. The number of benzene rings is 2. The van der Waals surface area contributed by atoms with E-state index in [0.717, 1.165) is 49.9 Å². The van der Waals surface area contributed by atoms with E-state index in [1.807, 2.05) is 41.3 Å². The van der Waals surface area contributed by atoms with Gasteiger partial charge in [0.25, 0.3) is 11.8 Å². The van der Waals surface area contributed by atoms with Crippen molar-refractivity contribution in [2.24, 2.45) is 0 Å². The standard InChI is InChI=1S/C25H27N3O3/c29-23(14-7-18-3-8-20(9-4-18)24(30)27-22-12-13-22)26-17-19-5-10-21(11-6-19)25(31)28-15-1-2-16-28/h3-11,14,22H,1-2,12-13,15-17H2,(H,26,29)(H,27,30)/b14-7+. The lowest BCUT2D eigenvalue weighted by Gasteiger charge is -2.15. The number of amides is 3. The first kappa shape index (κ1) is 20.8. The third-order valence-corrected chi connectivity index (χ3v) is 5.57. The molecule has 6 nitrogen and oxygen atoms in total. The van der Waals surface area contributed by atoms with Crippen LogP contribution in [0, 0.1) is 0 Å². The number of nitrogens with one attached hydrogen (secondary N) is 2. The van der Waals surface area contributed by atoms with Gasteiger partial charge in [0.15, 0.2) is 0 Å². The van der Waals surface area contributed by atoms with Crippen molar-refractivity contribution in [3.05, 3.63) is 76.9 Å². The number of nitrogens with zero attached hydrogens (tertiary/aromatic N) is 1. The average Bonchev–Trinajstić information content (AvgIpc) is 3.44. The van der Waals surface area contributed by atoms with E-state index in [2.05, 4.69) is 10.6 Å². The molecule has 1 saturated carbocycles. The number of rotatable bonds is 7. The summed E-state index contributed by atoms with van der Waals surface area (Å²) in [6.45, 7) is 2.06. The summed E-state index contributed by atoms with van der Waals surface area (Å²) in [5.41, 5.74) is 3.10. The maximum atomic E-state index is 12.4. The van der Waals surface area contributed by atoms with Gasteiger partial charge in [-0.3, -0.25) is 14.4 Å². The van der Waals surface area contributed by atoms with E-state index in [-0.39, 0.29) is 17.7 Å². The Hall–Kier alpha value is -3.41. The highest BCUT2D eigenvalue weighted by Crippen LogP contribution is 2.19. The van der Waals surface area contributed by atoms with E-state index in [1.165, 1.54) is 6.08 Å². The minimum atomic E-state index is -0.201. The summed E-state index contributed by atoms with van der Waals surface area (Å²) < 4.78 is 0. The Kier molecular flexibility index (Phi) is 6.46. The Morgan fingerprint density at radius 3 is 2.19 bits per heavy atom. The summed E-state index contributed by atoms with van der Waals surface area (Å²) in [6.07, 6.45) is 7.46. The molecule has 0 atom stereocenters. The van der Waals surface area contributed by atoms with Gasteiger partial charge < -0.3 is 15.5 Å². The number of likely N-dealkylation sites (tertiary alicyclic amines) is 1. The molecule has 1 aliphatic heterocycles. The molecule has 0 radical (unpaired) electrons. The Morgan fingerprint density at radius 2 is 1.55 bits per heavy atom. The van der Waals surface area contributed by atoms with Crippen molar-refractivity contribution in [3.8, 4) is 0 Å². The molecule has 6 heteroatoms. The molecule has 2 N–H and O–H groups in total. The maximum absolute atomic E-state index is 12.4. The quantitative estimate of drug-likeness (QED) is 0.680. The molecule has 2 fully saturated rings. The van der Waals surface area contributed by atoms with E-state index < -0.39 is 0 Å². The van der Waals surface area contributed by atoms with Crippen LogP contribution in [-0.4, -0.2) is 41.8 Å². The predicted octanol–water partition coefficient (Wildman–Crippen LogP) is 3.14. The summed E-state index contributed by atoms with van der Waals surface area (Å²) in [5, 5.41) is 5.80. The van der Waals surface area contributed by atoms with Gasteiger partial charge in [0.1, 0.15) is 0 Å². The van der Waals surface area contributed by atoms with Crippen LogP contribution in [0.15, 0.2) is 54.6 Å². The van der Waals surface area contributed by atoms with Crippen molar-refractivity contribution in [2.75, 3.05) is 13.1 Å². The van der Waals surface area contributed by atoms with Gasteiger partial charge in [-0.25, -0.2) is 0 Å². The molecule has 2 aliphatic rings. The largest absolute Gasteiger partial charge is 0.349 e. The van der Waals surface area contributed by atoms with Crippen LogP contribution in [0.3, 0.4) is 0 Å². The molecule has 4 rings (SSSR count). The molecule has 31 heavy (non-hydrogen) atoms. The molecule has 1 heterocycles. The molecule has 3 amide bonds. The van der Waals surface area contributed by atoms with Crippen LogP contribution in [0.1, 0.15) is 57.5 Å². The summed E-state index contributed by atoms with van der Waals surface area (Å²) in [5.74, 6) is -0.177. The summed E-state index contributed by atoms with van der Waals surface area (Å²) in [7, 11) is 0. The zero-order valence-electron chi connectivity index (χ0n) is 17.5. The SMILES string of the molecule is O=C(/C=C/c1ccc(C(=O)NC2CC2)cc1)NCc1ccc(C(=O)N2CCCC2)cc1. The second-order valence-electron chi connectivity index (χ2n) is 8.12. The molecule has 1 saturated heterocycles. The molecule has 0 unspecified atom stereocenters. The molecular weight excluding hydrogens is 390 g/mol. The van der Waals surface area contributed by atoms with Crippen LogP contribution >= 0.6 is 0 Å². The van der Waals surface area contributed by atoms with Gasteiger partial charge in [-0.2, -0.15) is 0 Å². The topological polar surface area (TPSA) is 78.5 Å². The van der Waals surface area contributed by atoms with E-state index >= 15 is 0 Å². The fraction of sp³-hybridized carbons (Fsp3) is 0.320. The molecule has 0 bridgehead atoms. The van der Waals surface area contributed by atoms with E-state index in [4.69, 9.17) is 0 Å². The lowest BCUT2D eigenvalue weighted by molar-refractivity contribution is -0.116. The smallest absolute Gasteiger partial charge is 0.253 e. The first-order valence-electron chi connectivity index (χ1n) is 10.8. The van der Waals surface area contributed by atoms with Gasteiger partial charge in [-0.15, -0.1) is 0 Å². The van der Waals surface area contributed by atoms with Crippen LogP contribution in [0.25, 0.3) is 6.08 Å². The second kappa shape index (κ2) is 9.60. The van der Waals surface area contributed by atoms with Crippen LogP contribution in [0.2, 0.25) is 0 Å². The molecule has 2 aromatic carbocycles. The fourth-order valence-electron chi connectivity index (χ4n) is 3.53. The van der Waals surface area contributed by atoms with Crippen LogP contribution in [0.5, 0.6) is 0 Å². The first-order valence-corrected chi connectivity index (χ1v) is 10.8. The lowest BCUT2D eigenvalue weighted by Crippen LogP contribution is -2.27. The number of carbonyl (C=O) groups excluding carboxylic acids is 3.